The maximum atomic E-state index is 14.7. The third-order valence-electron chi connectivity index (χ3n) is 6.12. The molecule has 1 aliphatic heterocycles. The highest BCUT2D eigenvalue weighted by Gasteiger charge is 2.40. The van der Waals surface area contributed by atoms with Crippen molar-refractivity contribution in [1.29, 1.82) is 0 Å². The van der Waals surface area contributed by atoms with Gasteiger partial charge in [-0.2, -0.15) is 12.6 Å². The van der Waals surface area contributed by atoms with Crippen molar-refractivity contribution >= 4 is 42.8 Å². The summed E-state index contributed by atoms with van der Waals surface area (Å²) >= 11 is 4.73. The van der Waals surface area contributed by atoms with Gasteiger partial charge in [-0.3, -0.25) is 24.4 Å². The molecule has 1 aliphatic carbocycles. The average Bonchev–Trinajstić information content (AvgIpc) is 3.57. The smallest absolute Gasteiger partial charge is 0.243 e. The number of piperidine rings is 1. The SMILES string of the molecule is Cl.O=C(CCCn1cc(/C=C2/CN(C(C(=O)C3CC3)c3ccccc3F)CCC2S)nn1)NO. The molecule has 2 atom stereocenters. The number of Topliss-reactive ketones (excluding diaryl/α,β-unsaturated/α-hetero) is 1. The molecule has 2 heterocycles. The van der Waals surface area contributed by atoms with Crippen LogP contribution < -0.4 is 5.48 Å². The van der Waals surface area contributed by atoms with E-state index in [9.17, 15) is 14.0 Å². The fourth-order valence-corrected chi connectivity index (χ4v) is 4.48. The summed E-state index contributed by atoms with van der Waals surface area (Å²) in [6.07, 6.45) is 6.90. The Bertz CT molecular complexity index is 1050. The average molecular weight is 510 g/mol. The molecule has 1 aromatic heterocycles. The lowest BCUT2D eigenvalue weighted by Crippen LogP contribution is -2.42. The number of benzene rings is 1. The van der Waals surface area contributed by atoms with Crippen LogP contribution in [0, 0.1) is 11.7 Å². The summed E-state index contributed by atoms with van der Waals surface area (Å²) in [5, 5.41) is 16.8. The summed E-state index contributed by atoms with van der Waals surface area (Å²) in [6.45, 7) is 1.64. The van der Waals surface area contributed by atoms with Crippen molar-refractivity contribution in [3.63, 3.8) is 0 Å². The van der Waals surface area contributed by atoms with E-state index in [0.29, 0.717) is 37.3 Å². The number of likely N-dealkylation sites (tertiary alicyclic amines) is 1. The number of hydrogen-bond donors (Lipinski definition) is 3. The second-order valence-corrected chi connectivity index (χ2v) is 9.26. The summed E-state index contributed by atoms with van der Waals surface area (Å²) in [5.74, 6) is -0.686. The van der Waals surface area contributed by atoms with E-state index in [2.05, 4.69) is 15.2 Å². The molecule has 0 radical (unpaired) electrons. The molecule has 1 amide bonds. The first-order valence-electron chi connectivity index (χ1n) is 11.2. The van der Waals surface area contributed by atoms with Crippen LogP contribution in [0.25, 0.3) is 6.08 Å². The largest absolute Gasteiger partial charge is 0.297 e. The molecule has 0 spiro atoms. The summed E-state index contributed by atoms with van der Waals surface area (Å²) in [4.78, 5) is 26.3. The van der Waals surface area contributed by atoms with Crippen LogP contribution in [0.5, 0.6) is 0 Å². The Balaban J connectivity index is 0.00000324. The summed E-state index contributed by atoms with van der Waals surface area (Å²) < 4.78 is 16.3. The van der Waals surface area contributed by atoms with Crippen molar-refractivity contribution in [2.45, 2.75) is 49.9 Å². The third-order valence-corrected chi connectivity index (χ3v) is 6.71. The van der Waals surface area contributed by atoms with Gasteiger partial charge in [0.05, 0.1) is 12.2 Å². The van der Waals surface area contributed by atoms with Crippen molar-refractivity contribution in [2.75, 3.05) is 13.1 Å². The fraction of sp³-hybridized carbons (Fsp3) is 0.478. The molecule has 2 unspecified atom stereocenters. The van der Waals surface area contributed by atoms with Gasteiger partial charge in [-0.1, -0.05) is 23.4 Å². The monoisotopic (exact) mass is 509 g/mol. The Labute approximate surface area is 209 Å². The van der Waals surface area contributed by atoms with Gasteiger partial charge in [0.2, 0.25) is 5.91 Å². The molecule has 11 heteroatoms. The number of aromatic nitrogens is 3. The molecule has 2 N–H and O–H groups in total. The van der Waals surface area contributed by atoms with Gasteiger partial charge in [0.15, 0.2) is 5.78 Å². The summed E-state index contributed by atoms with van der Waals surface area (Å²) in [6, 6.07) is 5.93. The zero-order chi connectivity index (χ0) is 23.4. The quantitative estimate of drug-likeness (QED) is 0.272. The number of carbonyl (C=O) groups is 2. The fourth-order valence-electron chi connectivity index (χ4n) is 4.21. The third kappa shape index (κ3) is 6.44. The molecule has 1 saturated carbocycles. The van der Waals surface area contributed by atoms with E-state index >= 15 is 0 Å². The molecule has 1 saturated heterocycles. The highest BCUT2D eigenvalue weighted by Crippen LogP contribution is 2.39. The zero-order valence-electron chi connectivity index (χ0n) is 18.6. The molecule has 184 valence electrons. The standard InChI is InChI=1S/C23H28FN5O3S.ClH/c24-19-5-2-1-4-18(19)22(23(31)15-7-8-15)28-11-9-20(33)16(13-28)12-17-14-29(27-25-17)10-3-6-21(30)26-32;/h1-2,4-5,12,14-15,20,22,32-33H,3,6-11,13H2,(H,26,30);1H/b16-12-;. The van der Waals surface area contributed by atoms with E-state index in [1.54, 1.807) is 34.6 Å². The second kappa shape index (κ2) is 11.9. The predicted octanol–water partition coefficient (Wildman–Crippen LogP) is 3.23. The highest BCUT2D eigenvalue weighted by molar-refractivity contribution is 7.81. The van der Waals surface area contributed by atoms with Gasteiger partial charge in [0, 0.05) is 42.8 Å². The van der Waals surface area contributed by atoms with Gasteiger partial charge >= 0.3 is 0 Å². The van der Waals surface area contributed by atoms with E-state index < -0.39 is 11.9 Å². The number of thiol groups is 1. The van der Waals surface area contributed by atoms with Gasteiger partial charge in [-0.15, -0.1) is 17.5 Å². The van der Waals surface area contributed by atoms with E-state index in [0.717, 1.165) is 24.8 Å². The number of amides is 1. The molecule has 34 heavy (non-hydrogen) atoms. The Morgan fingerprint density at radius 3 is 2.76 bits per heavy atom. The molecule has 2 aromatic rings. The maximum absolute atomic E-state index is 14.7. The first-order valence-corrected chi connectivity index (χ1v) is 11.7. The Kier molecular flexibility index (Phi) is 9.24. The molecular weight excluding hydrogens is 481 g/mol. The first-order chi connectivity index (χ1) is 16.0. The van der Waals surface area contributed by atoms with E-state index in [-0.39, 0.29) is 41.6 Å². The van der Waals surface area contributed by atoms with Crippen molar-refractivity contribution in [1.82, 2.24) is 25.4 Å². The van der Waals surface area contributed by atoms with Gasteiger partial charge < -0.3 is 0 Å². The highest BCUT2D eigenvalue weighted by atomic mass is 35.5. The summed E-state index contributed by atoms with van der Waals surface area (Å²) in [7, 11) is 0. The number of hydrogen-bond acceptors (Lipinski definition) is 7. The van der Waals surface area contributed by atoms with E-state index in [1.165, 1.54) is 6.07 Å². The van der Waals surface area contributed by atoms with Gasteiger partial charge in [-0.25, -0.2) is 9.87 Å². The molecule has 8 nitrogen and oxygen atoms in total. The molecule has 2 fully saturated rings. The van der Waals surface area contributed by atoms with E-state index in [1.807, 2.05) is 6.08 Å². The van der Waals surface area contributed by atoms with Crippen molar-refractivity contribution in [3.8, 4) is 0 Å². The zero-order valence-corrected chi connectivity index (χ0v) is 20.3. The normalized spacial score (nSPS) is 20.6. The number of rotatable bonds is 9. The number of aryl methyl sites for hydroxylation is 1. The Morgan fingerprint density at radius 1 is 1.29 bits per heavy atom. The Morgan fingerprint density at radius 2 is 2.06 bits per heavy atom. The van der Waals surface area contributed by atoms with Crippen molar-refractivity contribution < 1.29 is 19.2 Å². The first kappa shape index (κ1) is 26.3. The number of hydroxylamine groups is 1. The molecule has 2 aliphatic rings. The van der Waals surface area contributed by atoms with Crippen molar-refractivity contribution in [2.24, 2.45) is 5.92 Å². The molecule has 4 rings (SSSR count). The van der Waals surface area contributed by atoms with Crippen LogP contribution >= 0.6 is 25.0 Å². The Hall–Kier alpha value is -2.27. The number of nitrogens with zero attached hydrogens (tertiary/aromatic N) is 4. The van der Waals surface area contributed by atoms with Gasteiger partial charge in [0.1, 0.15) is 11.5 Å². The van der Waals surface area contributed by atoms with Crippen LogP contribution in [0.3, 0.4) is 0 Å². The van der Waals surface area contributed by atoms with Crippen LogP contribution in [-0.2, 0) is 16.1 Å². The minimum Gasteiger partial charge on any atom is -0.297 e. The number of ketones is 1. The van der Waals surface area contributed by atoms with Gasteiger partial charge in [-0.05, 0) is 43.4 Å². The lowest BCUT2D eigenvalue weighted by atomic mass is 9.93. The molecule has 0 bridgehead atoms. The van der Waals surface area contributed by atoms with Crippen LogP contribution in [0.4, 0.5) is 4.39 Å². The lowest BCUT2D eigenvalue weighted by Gasteiger charge is -2.37. The van der Waals surface area contributed by atoms with Crippen LogP contribution in [0.2, 0.25) is 0 Å². The second-order valence-electron chi connectivity index (χ2n) is 8.64. The van der Waals surface area contributed by atoms with Crippen LogP contribution in [-0.4, -0.2) is 55.1 Å². The predicted molar refractivity (Wildman–Crippen MR) is 130 cm³/mol. The van der Waals surface area contributed by atoms with Crippen LogP contribution in [0.1, 0.15) is 49.4 Å². The minimum absolute atomic E-state index is 0. The van der Waals surface area contributed by atoms with Crippen molar-refractivity contribution in [3.05, 3.63) is 53.1 Å². The van der Waals surface area contributed by atoms with Gasteiger partial charge in [0.25, 0.3) is 0 Å². The molecular formula is C23H29ClFN5O3S. The number of halogens is 2. The number of carbonyl (C=O) groups excluding carboxylic acids is 2. The summed E-state index contributed by atoms with van der Waals surface area (Å²) in [5.41, 5.74) is 3.70. The minimum atomic E-state index is -0.601. The number of nitrogens with one attached hydrogen (secondary N) is 1. The van der Waals surface area contributed by atoms with E-state index in [4.69, 9.17) is 17.8 Å². The van der Waals surface area contributed by atoms with Crippen LogP contribution in [0.15, 0.2) is 36.0 Å². The lowest BCUT2D eigenvalue weighted by molar-refractivity contribution is -0.129. The molecule has 1 aromatic carbocycles. The topological polar surface area (TPSA) is 100 Å². The maximum Gasteiger partial charge on any atom is 0.243 e.